The second-order valence-corrected chi connectivity index (χ2v) is 3.53. The predicted octanol–water partition coefficient (Wildman–Crippen LogP) is 3.06. The molecule has 15 heavy (non-hydrogen) atoms. The zero-order valence-corrected chi connectivity index (χ0v) is 8.78. The van der Waals surface area contributed by atoms with E-state index in [9.17, 15) is 4.39 Å². The van der Waals surface area contributed by atoms with Gasteiger partial charge >= 0.3 is 0 Å². The molecule has 0 spiro atoms. The van der Waals surface area contributed by atoms with Crippen LogP contribution in [0.3, 0.4) is 0 Å². The number of allylic oxidation sites excluding steroid dienone is 2. The van der Waals surface area contributed by atoms with Crippen molar-refractivity contribution in [2.24, 2.45) is 0 Å². The quantitative estimate of drug-likeness (QED) is 0.714. The SMILES string of the molecule is CCN1CC=CC=C1c1cccc(F)c1. The molecule has 0 unspecified atom stereocenters. The van der Waals surface area contributed by atoms with Crippen molar-refractivity contribution < 1.29 is 4.39 Å². The highest BCUT2D eigenvalue weighted by Gasteiger charge is 2.10. The Balaban J connectivity index is 2.36. The summed E-state index contributed by atoms with van der Waals surface area (Å²) in [6, 6.07) is 6.74. The van der Waals surface area contributed by atoms with Crippen LogP contribution in [0.1, 0.15) is 12.5 Å². The molecule has 0 N–H and O–H groups in total. The fraction of sp³-hybridized carbons (Fsp3) is 0.231. The maximum atomic E-state index is 13.1. The Bertz CT molecular complexity index is 407. The first-order chi connectivity index (χ1) is 7.31. The molecule has 1 heterocycles. The molecule has 0 bridgehead atoms. The van der Waals surface area contributed by atoms with Crippen LogP contribution in [0.2, 0.25) is 0 Å². The summed E-state index contributed by atoms with van der Waals surface area (Å²) in [6.07, 6.45) is 6.15. The van der Waals surface area contributed by atoms with Gasteiger partial charge in [-0.1, -0.05) is 24.3 Å². The normalized spacial score (nSPS) is 15.3. The minimum Gasteiger partial charge on any atom is -0.368 e. The van der Waals surface area contributed by atoms with Crippen LogP contribution in [0.15, 0.2) is 42.5 Å². The van der Waals surface area contributed by atoms with Gasteiger partial charge in [0.15, 0.2) is 0 Å². The van der Waals surface area contributed by atoms with Crippen molar-refractivity contribution in [2.45, 2.75) is 6.92 Å². The lowest BCUT2D eigenvalue weighted by Gasteiger charge is -2.27. The molecule has 1 aromatic rings. The van der Waals surface area contributed by atoms with Crippen molar-refractivity contribution in [3.63, 3.8) is 0 Å². The van der Waals surface area contributed by atoms with E-state index in [0.29, 0.717) is 0 Å². The molecular formula is C13H14FN. The van der Waals surface area contributed by atoms with Gasteiger partial charge in [-0.2, -0.15) is 0 Å². The van der Waals surface area contributed by atoms with E-state index in [1.54, 1.807) is 12.1 Å². The molecule has 0 radical (unpaired) electrons. The minimum absolute atomic E-state index is 0.181. The second kappa shape index (κ2) is 4.30. The van der Waals surface area contributed by atoms with Crippen LogP contribution in [-0.2, 0) is 0 Å². The monoisotopic (exact) mass is 203 g/mol. The van der Waals surface area contributed by atoms with Crippen LogP contribution in [0.5, 0.6) is 0 Å². The van der Waals surface area contributed by atoms with Crippen LogP contribution in [0.25, 0.3) is 5.70 Å². The topological polar surface area (TPSA) is 3.24 Å². The van der Waals surface area contributed by atoms with E-state index < -0.39 is 0 Å². The summed E-state index contributed by atoms with van der Waals surface area (Å²) in [6.45, 7) is 3.94. The summed E-state index contributed by atoms with van der Waals surface area (Å²) in [5.74, 6) is -0.181. The first kappa shape index (κ1) is 9.97. The van der Waals surface area contributed by atoms with Crippen molar-refractivity contribution in [2.75, 3.05) is 13.1 Å². The van der Waals surface area contributed by atoms with E-state index in [0.717, 1.165) is 24.4 Å². The summed E-state index contributed by atoms with van der Waals surface area (Å²) >= 11 is 0. The Morgan fingerprint density at radius 1 is 1.40 bits per heavy atom. The summed E-state index contributed by atoms with van der Waals surface area (Å²) in [5, 5.41) is 0. The van der Waals surface area contributed by atoms with Crippen molar-refractivity contribution in [1.29, 1.82) is 0 Å². The zero-order chi connectivity index (χ0) is 10.7. The Morgan fingerprint density at radius 2 is 2.27 bits per heavy atom. The molecule has 2 rings (SSSR count). The third-order valence-electron chi connectivity index (χ3n) is 2.56. The van der Waals surface area contributed by atoms with Gasteiger partial charge in [0.1, 0.15) is 5.82 Å². The molecule has 0 aliphatic carbocycles. The van der Waals surface area contributed by atoms with Crippen molar-refractivity contribution in [3.05, 3.63) is 53.9 Å². The van der Waals surface area contributed by atoms with E-state index in [1.165, 1.54) is 6.07 Å². The van der Waals surface area contributed by atoms with Gasteiger partial charge in [0.2, 0.25) is 0 Å². The largest absolute Gasteiger partial charge is 0.368 e. The molecule has 1 aromatic carbocycles. The average molecular weight is 203 g/mol. The Labute approximate surface area is 89.5 Å². The molecule has 0 saturated heterocycles. The lowest BCUT2D eigenvalue weighted by molar-refractivity contribution is 0.459. The van der Waals surface area contributed by atoms with E-state index in [4.69, 9.17) is 0 Å². The molecule has 2 heteroatoms. The van der Waals surface area contributed by atoms with Crippen LogP contribution < -0.4 is 0 Å². The highest BCUT2D eigenvalue weighted by Crippen LogP contribution is 2.22. The molecule has 0 saturated carbocycles. The Kier molecular flexibility index (Phi) is 2.86. The number of likely N-dealkylation sites (N-methyl/N-ethyl adjacent to an activating group) is 1. The summed E-state index contributed by atoms with van der Waals surface area (Å²) in [4.78, 5) is 2.22. The fourth-order valence-corrected chi connectivity index (χ4v) is 1.78. The molecule has 78 valence electrons. The van der Waals surface area contributed by atoms with E-state index in [1.807, 2.05) is 18.2 Å². The van der Waals surface area contributed by atoms with Gasteiger partial charge in [0.25, 0.3) is 0 Å². The summed E-state index contributed by atoms with van der Waals surface area (Å²) in [5.41, 5.74) is 2.04. The lowest BCUT2D eigenvalue weighted by Crippen LogP contribution is -2.23. The molecule has 1 aliphatic rings. The maximum Gasteiger partial charge on any atom is 0.123 e. The third kappa shape index (κ3) is 2.09. The smallest absolute Gasteiger partial charge is 0.123 e. The van der Waals surface area contributed by atoms with E-state index >= 15 is 0 Å². The van der Waals surface area contributed by atoms with Crippen LogP contribution >= 0.6 is 0 Å². The average Bonchev–Trinajstić information content (AvgIpc) is 2.29. The molecular weight excluding hydrogens is 189 g/mol. The number of benzene rings is 1. The highest BCUT2D eigenvalue weighted by atomic mass is 19.1. The highest BCUT2D eigenvalue weighted by molar-refractivity contribution is 5.66. The number of halogens is 1. The predicted molar refractivity (Wildman–Crippen MR) is 60.8 cm³/mol. The number of nitrogens with zero attached hydrogens (tertiary/aromatic N) is 1. The van der Waals surface area contributed by atoms with Gasteiger partial charge in [0.05, 0.1) is 0 Å². The Morgan fingerprint density at radius 3 is 3.00 bits per heavy atom. The molecule has 0 atom stereocenters. The van der Waals surface area contributed by atoms with Gasteiger partial charge in [-0.3, -0.25) is 0 Å². The molecule has 0 amide bonds. The standard InChI is InChI=1S/C13H14FN/c1-2-15-9-4-3-8-13(15)11-6-5-7-12(14)10-11/h3-8,10H,2,9H2,1H3. The summed E-state index contributed by atoms with van der Waals surface area (Å²) in [7, 11) is 0. The van der Waals surface area contributed by atoms with Gasteiger partial charge in [-0.25, -0.2) is 4.39 Å². The van der Waals surface area contributed by atoms with Crippen molar-refractivity contribution in [3.8, 4) is 0 Å². The minimum atomic E-state index is -0.181. The van der Waals surface area contributed by atoms with Gasteiger partial charge in [-0.05, 0) is 25.1 Å². The lowest BCUT2D eigenvalue weighted by atomic mass is 10.1. The Hall–Kier alpha value is -1.57. The summed E-state index contributed by atoms with van der Waals surface area (Å²) < 4.78 is 13.1. The van der Waals surface area contributed by atoms with Crippen LogP contribution in [-0.4, -0.2) is 18.0 Å². The zero-order valence-electron chi connectivity index (χ0n) is 8.78. The second-order valence-electron chi connectivity index (χ2n) is 3.53. The molecule has 0 fully saturated rings. The molecule has 1 aliphatic heterocycles. The fourth-order valence-electron chi connectivity index (χ4n) is 1.78. The molecule has 0 aromatic heterocycles. The number of hydrogen-bond acceptors (Lipinski definition) is 1. The van der Waals surface area contributed by atoms with Crippen molar-refractivity contribution >= 4 is 5.70 Å². The molecule has 1 nitrogen and oxygen atoms in total. The van der Waals surface area contributed by atoms with E-state index in [-0.39, 0.29) is 5.82 Å². The number of rotatable bonds is 2. The van der Waals surface area contributed by atoms with Gasteiger partial charge < -0.3 is 4.90 Å². The maximum absolute atomic E-state index is 13.1. The van der Waals surface area contributed by atoms with Crippen LogP contribution in [0, 0.1) is 5.82 Å². The first-order valence-corrected chi connectivity index (χ1v) is 5.19. The van der Waals surface area contributed by atoms with Gasteiger partial charge in [0, 0.05) is 24.4 Å². The van der Waals surface area contributed by atoms with Crippen LogP contribution in [0.4, 0.5) is 4.39 Å². The van der Waals surface area contributed by atoms with E-state index in [2.05, 4.69) is 17.9 Å². The number of hydrogen-bond donors (Lipinski definition) is 0. The third-order valence-corrected chi connectivity index (χ3v) is 2.56. The van der Waals surface area contributed by atoms with Gasteiger partial charge in [-0.15, -0.1) is 0 Å². The van der Waals surface area contributed by atoms with Crippen molar-refractivity contribution in [1.82, 2.24) is 4.90 Å². The first-order valence-electron chi connectivity index (χ1n) is 5.19.